The van der Waals surface area contributed by atoms with Crippen molar-refractivity contribution in [2.45, 2.75) is 37.1 Å². The first-order chi connectivity index (χ1) is 13.1. The van der Waals surface area contributed by atoms with E-state index in [9.17, 15) is 8.42 Å². The summed E-state index contributed by atoms with van der Waals surface area (Å²) in [5.41, 5.74) is 3.32. The standard InChI is InChI=1S/C20H25N3O3S/c24-27(25,19-8-7-16-4-1-2-5-17(16)14-19)22-15-18-6-3-9-21-20(18)23-10-12-26-13-11-23/h3,6-9,14,22H,1-2,4-5,10-13,15H2. The van der Waals surface area contributed by atoms with Crippen LogP contribution in [0.25, 0.3) is 0 Å². The molecule has 1 fully saturated rings. The topological polar surface area (TPSA) is 71.5 Å². The first-order valence-corrected chi connectivity index (χ1v) is 11.0. The Hall–Kier alpha value is -1.96. The van der Waals surface area contributed by atoms with Crippen LogP contribution in [0.2, 0.25) is 0 Å². The molecule has 144 valence electrons. The first-order valence-electron chi connectivity index (χ1n) is 9.51. The lowest BCUT2D eigenvalue weighted by Gasteiger charge is -2.29. The van der Waals surface area contributed by atoms with Gasteiger partial charge in [0.05, 0.1) is 18.1 Å². The second-order valence-corrected chi connectivity index (χ2v) is 8.81. The van der Waals surface area contributed by atoms with Gasteiger partial charge in [0, 0.05) is 31.4 Å². The molecule has 27 heavy (non-hydrogen) atoms. The zero-order valence-electron chi connectivity index (χ0n) is 15.4. The van der Waals surface area contributed by atoms with Crippen molar-refractivity contribution in [1.82, 2.24) is 9.71 Å². The van der Waals surface area contributed by atoms with Crippen LogP contribution < -0.4 is 9.62 Å². The second kappa shape index (κ2) is 7.96. The summed E-state index contributed by atoms with van der Waals surface area (Å²) >= 11 is 0. The Balaban J connectivity index is 1.51. The fourth-order valence-electron chi connectivity index (χ4n) is 3.76. The minimum atomic E-state index is -3.56. The number of benzene rings is 1. The smallest absolute Gasteiger partial charge is 0.240 e. The monoisotopic (exact) mass is 387 g/mol. The Kier molecular flexibility index (Phi) is 5.43. The van der Waals surface area contributed by atoms with Gasteiger partial charge in [-0.3, -0.25) is 0 Å². The summed E-state index contributed by atoms with van der Waals surface area (Å²) in [6.07, 6.45) is 6.06. The molecule has 0 amide bonds. The Morgan fingerprint density at radius 1 is 1.07 bits per heavy atom. The van der Waals surface area contributed by atoms with E-state index in [1.807, 2.05) is 24.3 Å². The summed E-state index contributed by atoms with van der Waals surface area (Å²) in [7, 11) is -3.56. The van der Waals surface area contributed by atoms with Gasteiger partial charge in [-0.1, -0.05) is 12.1 Å². The Bertz CT molecular complexity index is 908. The number of aromatic nitrogens is 1. The van der Waals surface area contributed by atoms with Crippen LogP contribution in [-0.4, -0.2) is 39.7 Å². The Morgan fingerprint density at radius 2 is 1.85 bits per heavy atom. The Labute approximate surface area is 160 Å². The molecule has 4 rings (SSSR count). The number of sulfonamides is 1. The fourth-order valence-corrected chi connectivity index (χ4v) is 4.82. The molecular weight excluding hydrogens is 362 g/mol. The molecule has 7 heteroatoms. The molecular formula is C20H25N3O3S. The number of pyridine rings is 1. The number of morpholine rings is 1. The molecule has 0 saturated carbocycles. The molecule has 0 unspecified atom stereocenters. The molecule has 1 saturated heterocycles. The van der Waals surface area contributed by atoms with Crippen LogP contribution in [0.3, 0.4) is 0 Å². The maximum absolute atomic E-state index is 12.8. The molecule has 1 aliphatic carbocycles. The highest BCUT2D eigenvalue weighted by atomic mass is 32.2. The van der Waals surface area contributed by atoms with Gasteiger partial charge < -0.3 is 9.64 Å². The van der Waals surface area contributed by atoms with E-state index in [0.29, 0.717) is 18.1 Å². The normalized spacial score (nSPS) is 17.6. The number of fused-ring (bicyclic) bond motifs is 1. The lowest BCUT2D eigenvalue weighted by molar-refractivity contribution is 0.122. The van der Waals surface area contributed by atoms with E-state index in [1.165, 1.54) is 17.5 Å². The van der Waals surface area contributed by atoms with Crippen molar-refractivity contribution in [3.8, 4) is 0 Å². The highest BCUT2D eigenvalue weighted by molar-refractivity contribution is 7.89. The van der Waals surface area contributed by atoms with Gasteiger partial charge in [-0.15, -0.1) is 0 Å². The van der Waals surface area contributed by atoms with E-state index < -0.39 is 10.0 Å². The first kappa shape index (κ1) is 18.4. The van der Waals surface area contributed by atoms with Gasteiger partial charge in [0.2, 0.25) is 10.0 Å². The van der Waals surface area contributed by atoms with Gasteiger partial charge >= 0.3 is 0 Å². The average Bonchev–Trinajstić information content (AvgIpc) is 2.73. The summed E-state index contributed by atoms with van der Waals surface area (Å²) in [6, 6.07) is 9.29. The summed E-state index contributed by atoms with van der Waals surface area (Å²) in [5, 5.41) is 0. The van der Waals surface area contributed by atoms with E-state index >= 15 is 0 Å². The van der Waals surface area contributed by atoms with Crippen molar-refractivity contribution in [1.29, 1.82) is 0 Å². The van der Waals surface area contributed by atoms with Crippen LogP contribution in [-0.2, 0) is 34.1 Å². The largest absolute Gasteiger partial charge is 0.378 e. The van der Waals surface area contributed by atoms with E-state index in [2.05, 4.69) is 14.6 Å². The van der Waals surface area contributed by atoms with Crippen molar-refractivity contribution < 1.29 is 13.2 Å². The number of rotatable bonds is 5. The molecule has 0 spiro atoms. The van der Waals surface area contributed by atoms with Crippen LogP contribution in [0.1, 0.15) is 29.5 Å². The minimum Gasteiger partial charge on any atom is -0.378 e. The number of nitrogens with one attached hydrogen (secondary N) is 1. The highest BCUT2D eigenvalue weighted by Crippen LogP contribution is 2.24. The molecule has 1 aromatic heterocycles. The van der Waals surface area contributed by atoms with Crippen molar-refractivity contribution in [3.05, 3.63) is 53.2 Å². The molecule has 2 heterocycles. The van der Waals surface area contributed by atoms with Crippen molar-refractivity contribution in [2.24, 2.45) is 0 Å². The highest BCUT2D eigenvalue weighted by Gasteiger charge is 2.20. The molecule has 2 aliphatic rings. The van der Waals surface area contributed by atoms with Gasteiger partial charge in [-0.25, -0.2) is 18.1 Å². The number of anilines is 1. The van der Waals surface area contributed by atoms with Crippen LogP contribution in [0.5, 0.6) is 0 Å². The molecule has 0 radical (unpaired) electrons. The summed E-state index contributed by atoms with van der Waals surface area (Å²) in [4.78, 5) is 6.96. The van der Waals surface area contributed by atoms with E-state index in [0.717, 1.165) is 43.7 Å². The quantitative estimate of drug-likeness (QED) is 0.852. The van der Waals surface area contributed by atoms with Gasteiger partial charge in [0.25, 0.3) is 0 Å². The predicted molar refractivity (Wildman–Crippen MR) is 104 cm³/mol. The molecule has 0 atom stereocenters. The SMILES string of the molecule is O=S(=O)(NCc1cccnc1N1CCOCC1)c1ccc2c(c1)CCCC2. The van der Waals surface area contributed by atoms with Crippen molar-refractivity contribution >= 4 is 15.8 Å². The molecule has 2 aromatic rings. The average molecular weight is 388 g/mol. The predicted octanol–water partition coefficient (Wildman–Crippen LogP) is 2.28. The zero-order chi connectivity index (χ0) is 18.7. The van der Waals surface area contributed by atoms with Crippen molar-refractivity contribution in [2.75, 3.05) is 31.2 Å². The van der Waals surface area contributed by atoms with Gasteiger partial charge in [-0.05, 0) is 55.0 Å². The number of nitrogens with zero attached hydrogens (tertiary/aromatic N) is 2. The summed E-state index contributed by atoms with van der Waals surface area (Å²) in [6.45, 7) is 3.08. The number of hydrogen-bond acceptors (Lipinski definition) is 5. The van der Waals surface area contributed by atoms with Gasteiger partial charge in [0.1, 0.15) is 5.82 Å². The van der Waals surface area contributed by atoms with E-state index in [-0.39, 0.29) is 6.54 Å². The van der Waals surface area contributed by atoms with Crippen LogP contribution in [0.15, 0.2) is 41.4 Å². The third kappa shape index (κ3) is 4.15. The van der Waals surface area contributed by atoms with Crippen LogP contribution in [0.4, 0.5) is 5.82 Å². The van der Waals surface area contributed by atoms with Crippen molar-refractivity contribution in [3.63, 3.8) is 0 Å². The lowest BCUT2D eigenvalue weighted by atomic mass is 9.92. The molecule has 6 nitrogen and oxygen atoms in total. The lowest BCUT2D eigenvalue weighted by Crippen LogP contribution is -2.37. The minimum absolute atomic E-state index is 0.222. The van der Waals surface area contributed by atoms with Crippen LogP contribution >= 0.6 is 0 Å². The van der Waals surface area contributed by atoms with Gasteiger partial charge in [0.15, 0.2) is 0 Å². The summed E-state index contributed by atoms with van der Waals surface area (Å²) in [5.74, 6) is 0.828. The maximum atomic E-state index is 12.8. The number of aryl methyl sites for hydroxylation is 2. The fraction of sp³-hybridized carbons (Fsp3) is 0.450. The van der Waals surface area contributed by atoms with Crippen LogP contribution in [0, 0.1) is 0 Å². The van der Waals surface area contributed by atoms with Gasteiger partial charge in [-0.2, -0.15) is 0 Å². The molecule has 0 bridgehead atoms. The number of ether oxygens (including phenoxy) is 1. The Morgan fingerprint density at radius 3 is 2.67 bits per heavy atom. The maximum Gasteiger partial charge on any atom is 0.240 e. The third-order valence-corrected chi connectivity index (χ3v) is 6.66. The third-order valence-electron chi connectivity index (χ3n) is 5.26. The number of hydrogen-bond donors (Lipinski definition) is 1. The second-order valence-electron chi connectivity index (χ2n) is 7.05. The molecule has 1 aromatic carbocycles. The molecule has 1 N–H and O–H groups in total. The summed E-state index contributed by atoms with van der Waals surface area (Å²) < 4.78 is 33.8. The van der Waals surface area contributed by atoms with E-state index in [4.69, 9.17) is 4.74 Å². The molecule has 1 aliphatic heterocycles. The zero-order valence-corrected chi connectivity index (χ0v) is 16.2. The van der Waals surface area contributed by atoms with E-state index in [1.54, 1.807) is 12.3 Å².